The molecule has 41 heavy (non-hydrogen) atoms. The minimum atomic E-state index is -0.497. The van der Waals surface area contributed by atoms with Gasteiger partial charge in [-0.2, -0.15) is 10.0 Å². The van der Waals surface area contributed by atoms with Crippen LogP contribution in [0, 0.1) is 0 Å². The van der Waals surface area contributed by atoms with Crippen molar-refractivity contribution in [3.63, 3.8) is 0 Å². The largest absolute Gasteiger partial charge is 0.327 e. The molecule has 2 aromatic heterocycles. The number of rotatable bonds is 7. The molecule has 0 bridgehead atoms. The first kappa shape index (κ1) is 27.1. The van der Waals surface area contributed by atoms with Crippen molar-refractivity contribution in [3.8, 4) is 11.4 Å². The zero-order chi connectivity index (χ0) is 29.0. The number of benzene rings is 3. The molecule has 3 aromatic carbocycles. The highest BCUT2D eigenvalue weighted by Crippen LogP contribution is 2.28. The fourth-order valence-corrected chi connectivity index (χ4v) is 4.18. The van der Waals surface area contributed by atoms with Gasteiger partial charge in [-0.15, -0.1) is 15.3 Å². The van der Waals surface area contributed by atoms with Gasteiger partial charge in [0.15, 0.2) is 0 Å². The van der Waals surface area contributed by atoms with Crippen LogP contribution < -0.4 is 16.0 Å². The molecular weight excluding hydrogens is 522 g/mol. The Balaban J connectivity index is 1.38. The van der Waals surface area contributed by atoms with Crippen molar-refractivity contribution >= 4 is 23.6 Å². The fraction of sp³-hybridized carbons (Fsp3) is 0.214. The van der Waals surface area contributed by atoms with Crippen LogP contribution in [0.5, 0.6) is 0 Å². The number of aromatic amines is 1. The van der Waals surface area contributed by atoms with Crippen LogP contribution in [0.15, 0.2) is 72.8 Å². The molecule has 0 saturated heterocycles. The van der Waals surface area contributed by atoms with E-state index in [0.717, 1.165) is 16.7 Å². The highest BCUT2D eigenvalue weighted by molar-refractivity contribution is 6.03. The predicted octanol–water partition coefficient (Wildman–Crippen LogP) is 3.85. The number of aromatic nitrogens is 8. The summed E-state index contributed by atoms with van der Waals surface area (Å²) in [5.74, 6) is 0.150. The molecule has 13 nitrogen and oxygen atoms in total. The molecule has 5 aromatic rings. The molecule has 0 aliphatic rings. The number of aryl methyl sites for hydroxylation is 1. The van der Waals surface area contributed by atoms with Crippen LogP contribution in [0.4, 0.5) is 16.4 Å². The molecule has 4 N–H and O–H groups in total. The summed E-state index contributed by atoms with van der Waals surface area (Å²) in [6, 6.07) is 21.4. The van der Waals surface area contributed by atoms with Crippen molar-refractivity contribution in [1.82, 2.24) is 46.1 Å². The average molecular weight is 552 g/mol. The Bertz CT molecular complexity index is 1640. The number of nitrogens with zero attached hydrogens (tertiary/aromatic N) is 7. The molecule has 208 valence electrons. The molecule has 0 saturated carbocycles. The second kappa shape index (κ2) is 11.3. The van der Waals surface area contributed by atoms with Gasteiger partial charge in [0, 0.05) is 16.8 Å². The van der Waals surface area contributed by atoms with E-state index in [1.165, 1.54) is 10.4 Å². The summed E-state index contributed by atoms with van der Waals surface area (Å²) in [4.78, 5) is 27.2. The SMILES string of the molecule is Cn1nnc(-c2cccc(NC(=O)NC(c3ccc(C(=O)Nc4nn[nH]n4)cc3)c3ccc(C(C)(C)C)cc3)c2)n1. The van der Waals surface area contributed by atoms with Crippen LogP contribution in [0.1, 0.15) is 53.9 Å². The summed E-state index contributed by atoms with van der Waals surface area (Å²) >= 11 is 0. The number of carbonyl (C=O) groups excluding carboxylic acids is 2. The standard InChI is InChI=1S/C28H29N11O2/c1-28(2,3)21-14-12-18(13-15-21)23(17-8-10-19(11-9-17)25(40)31-26-33-36-37-34-26)30-27(41)29-22-7-5-6-20(16-22)24-32-38-39(4)35-24/h5-16,23H,1-4H3,(H2,29,30,41)(H2,31,33,34,36,37,40). The van der Waals surface area contributed by atoms with Gasteiger partial charge in [-0.1, -0.05) is 74.4 Å². The molecule has 1 unspecified atom stereocenters. The van der Waals surface area contributed by atoms with E-state index in [2.05, 4.69) is 84.9 Å². The molecule has 0 fully saturated rings. The van der Waals surface area contributed by atoms with E-state index in [1.54, 1.807) is 43.4 Å². The molecule has 0 aliphatic carbocycles. The van der Waals surface area contributed by atoms with Gasteiger partial charge in [0.25, 0.3) is 11.9 Å². The molecule has 2 heterocycles. The Morgan fingerprint density at radius 2 is 1.61 bits per heavy atom. The van der Waals surface area contributed by atoms with Crippen LogP contribution in [0.25, 0.3) is 11.4 Å². The molecule has 13 heteroatoms. The van der Waals surface area contributed by atoms with Crippen LogP contribution in [-0.2, 0) is 12.5 Å². The van der Waals surface area contributed by atoms with Gasteiger partial charge in [0.1, 0.15) is 0 Å². The van der Waals surface area contributed by atoms with Crippen molar-refractivity contribution < 1.29 is 9.59 Å². The van der Waals surface area contributed by atoms with E-state index in [1.807, 2.05) is 24.3 Å². The number of anilines is 2. The zero-order valence-corrected chi connectivity index (χ0v) is 23.0. The number of H-pyrrole nitrogens is 1. The van der Waals surface area contributed by atoms with Gasteiger partial charge in [-0.25, -0.2) is 4.79 Å². The third-order valence-electron chi connectivity index (χ3n) is 6.35. The van der Waals surface area contributed by atoms with Crippen molar-refractivity contribution in [2.24, 2.45) is 7.05 Å². The van der Waals surface area contributed by atoms with Gasteiger partial charge in [-0.3, -0.25) is 10.1 Å². The number of carbonyl (C=O) groups is 2. The van der Waals surface area contributed by atoms with E-state index in [-0.39, 0.29) is 17.3 Å². The van der Waals surface area contributed by atoms with Gasteiger partial charge in [0.05, 0.1) is 13.1 Å². The second-order valence-corrected chi connectivity index (χ2v) is 10.4. The molecular formula is C28H29N11O2. The molecule has 3 amide bonds. The number of tetrazole rings is 2. The highest BCUT2D eigenvalue weighted by Gasteiger charge is 2.20. The lowest BCUT2D eigenvalue weighted by Gasteiger charge is -2.23. The van der Waals surface area contributed by atoms with E-state index in [0.29, 0.717) is 17.1 Å². The summed E-state index contributed by atoms with van der Waals surface area (Å²) in [5, 5.41) is 33.9. The summed E-state index contributed by atoms with van der Waals surface area (Å²) in [7, 11) is 1.69. The number of urea groups is 1. The number of amides is 3. The number of nitrogens with one attached hydrogen (secondary N) is 4. The van der Waals surface area contributed by atoms with Crippen LogP contribution in [0.2, 0.25) is 0 Å². The molecule has 5 rings (SSSR count). The highest BCUT2D eigenvalue weighted by atomic mass is 16.2. The number of hydrogen-bond donors (Lipinski definition) is 4. The maximum Gasteiger partial charge on any atom is 0.319 e. The van der Waals surface area contributed by atoms with Crippen molar-refractivity contribution in [2.75, 3.05) is 10.6 Å². The topological polar surface area (TPSA) is 168 Å². The first-order chi connectivity index (χ1) is 19.7. The van der Waals surface area contributed by atoms with E-state index < -0.39 is 12.1 Å². The third kappa shape index (κ3) is 6.58. The van der Waals surface area contributed by atoms with Gasteiger partial charge in [-0.05, 0) is 56.8 Å². The minimum Gasteiger partial charge on any atom is -0.327 e. The Morgan fingerprint density at radius 3 is 2.22 bits per heavy atom. The molecule has 0 aliphatic heterocycles. The Labute approximate surface area is 235 Å². The van der Waals surface area contributed by atoms with Crippen LogP contribution >= 0.6 is 0 Å². The monoisotopic (exact) mass is 551 g/mol. The quantitative estimate of drug-likeness (QED) is 0.236. The van der Waals surface area contributed by atoms with E-state index in [4.69, 9.17) is 0 Å². The van der Waals surface area contributed by atoms with Crippen molar-refractivity contribution in [1.29, 1.82) is 0 Å². The van der Waals surface area contributed by atoms with Gasteiger partial charge in [0.2, 0.25) is 5.82 Å². The molecule has 0 radical (unpaired) electrons. The minimum absolute atomic E-state index is 0.0183. The zero-order valence-electron chi connectivity index (χ0n) is 23.0. The summed E-state index contributed by atoms with van der Waals surface area (Å²) in [6.45, 7) is 6.44. The van der Waals surface area contributed by atoms with Gasteiger partial charge < -0.3 is 10.6 Å². The normalized spacial score (nSPS) is 12.0. The lowest BCUT2D eigenvalue weighted by atomic mass is 9.85. The Morgan fingerprint density at radius 1 is 0.902 bits per heavy atom. The summed E-state index contributed by atoms with van der Waals surface area (Å²) in [5.41, 5.74) is 4.52. The van der Waals surface area contributed by atoms with Crippen LogP contribution in [0.3, 0.4) is 0 Å². The van der Waals surface area contributed by atoms with E-state index in [9.17, 15) is 9.59 Å². The first-order valence-electron chi connectivity index (χ1n) is 12.8. The van der Waals surface area contributed by atoms with E-state index >= 15 is 0 Å². The summed E-state index contributed by atoms with van der Waals surface area (Å²) < 4.78 is 0. The van der Waals surface area contributed by atoms with Gasteiger partial charge >= 0.3 is 6.03 Å². The second-order valence-electron chi connectivity index (χ2n) is 10.4. The number of hydrogen-bond acceptors (Lipinski definition) is 8. The molecule has 0 spiro atoms. The molecule has 1 atom stereocenters. The summed E-state index contributed by atoms with van der Waals surface area (Å²) in [6.07, 6.45) is 0. The smallest absolute Gasteiger partial charge is 0.319 e. The van der Waals surface area contributed by atoms with Crippen molar-refractivity contribution in [3.05, 3.63) is 95.1 Å². The Hall–Kier alpha value is -5.46. The third-order valence-corrected chi connectivity index (χ3v) is 6.35. The van der Waals surface area contributed by atoms with Crippen LogP contribution in [-0.4, -0.2) is 52.8 Å². The van der Waals surface area contributed by atoms with Crippen molar-refractivity contribution in [2.45, 2.75) is 32.2 Å². The lowest BCUT2D eigenvalue weighted by Crippen LogP contribution is -2.33. The maximum atomic E-state index is 13.2. The maximum absolute atomic E-state index is 13.2. The fourth-order valence-electron chi connectivity index (χ4n) is 4.18. The average Bonchev–Trinajstić information content (AvgIpc) is 3.63. The predicted molar refractivity (Wildman–Crippen MR) is 152 cm³/mol. The lowest BCUT2D eigenvalue weighted by molar-refractivity contribution is 0.102. The first-order valence-corrected chi connectivity index (χ1v) is 12.8. The Kier molecular flexibility index (Phi) is 7.50.